The number of ether oxygens (including phenoxy) is 3. The van der Waals surface area contributed by atoms with E-state index in [1.54, 1.807) is 51.3 Å². The Kier molecular flexibility index (Phi) is 23.7. The third-order valence-electron chi connectivity index (χ3n) is 7.38. The molecule has 0 heterocycles. The molecule has 0 bridgehead atoms. The number of carbonyl (C=O) groups is 3. The number of hydrogen-bond acceptors (Lipinski definition) is 8. The summed E-state index contributed by atoms with van der Waals surface area (Å²) in [4.78, 5) is 41.1. The summed E-state index contributed by atoms with van der Waals surface area (Å²) in [5.74, 6) is 0.116. The minimum absolute atomic E-state index is 0.116. The van der Waals surface area contributed by atoms with Gasteiger partial charge in [-0.25, -0.2) is 27.5 Å². The van der Waals surface area contributed by atoms with Gasteiger partial charge >= 0.3 is 18.3 Å². The maximum absolute atomic E-state index is 13.0. The molecule has 0 aliphatic heterocycles. The standard InChI is InChI=1S/C37H74N4O8S/c1-11-12-13-14-15-16-17-18-19-22-31-50(45,46)39-26-24-30-41(34(44)49-37(8,9)10)28-21-20-27-40(33(43)48-36(5,6)7)29-23-25-38-32(42)47-35(2,3)4/h39H,11-31H2,1-10H3,(H,38,42). The van der Waals surface area contributed by atoms with Gasteiger partial charge in [0.2, 0.25) is 10.0 Å². The van der Waals surface area contributed by atoms with Crippen molar-refractivity contribution in [2.24, 2.45) is 0 Å². The van der Waals surface area contributed by atoms with Gasteiger partial charge in [-0.15, -0.1) is 0 Å². The minimum Gasteiger partial charge on any atom is -0.444 e. The zero-order valence-electron chi connectivity index (χ0n) is 33.4. The molecule has 0 aromatic heterocycles. The van der Waals surface area contributed by atoms with Crippen molar-refractivity contribution in [1.29, 1.82) is 0 Å². The maximum atomic E-state index is 13.0. The molecule has 0 saturated heterocycles. The lowest BCUT2D eigenvalue weighted by Crippen LogP contribution is -2.41. The van der Waals surface area contributed by atoms with Crippen LogP contribution in [0.5, 0.6) is 0 Å². The molecule has 296 valence electrons. The van der Waals surface area contributed by atoms with E-state index in [9.17, 15) is 22.8 Å². The fraction of sp³-hybridized carbons (Fsp3) is 0.919. The number of unbranched alkanes of at least 4 members (excludes halogenated alkanes) is 10. The quantitative estimate of drug-likeness (QED) is 0.0703. The van der Waals surface area contributed by atoms with Crippen molar-refractivity contribution in [3.05, 3.63) is 0 Å². The van der Waals surface area contributed by atoms with E-state index in [4.69, 9.17) is 14.2 Å². The van der Waals surface area contributed by atoms with Crippen LogP contribution in [0.2, 0.25) is 0 Å². The van der Waals surface area contributed by atoms with Gasteiger partial charge in [0.05, 0.1) is 5.75 Å². The van der Waals surface area contributed by atoms with E-state index in [0.717, 1.165) is 19.3 Å². The average molecular weight is 735 g/mol. The summed E-state index contributed by atoms with van der Waals surface area (Å²) in [5, 5.41) is 2.71. The second-order valence-electron chi connectivity index (χ2n) is 16.2. The van der Waals surface area contributed by atoms with Crippen LogP contribution >= 0.6 is 0 Å². The molecule has 12 nitrogen and oxygen atoms in total. The van der Waals surface area contributed by atoms with Crippen molar-refractivity contribution < 1.29 is 37.0 Å². The predicted molar refractivity (Wildman–Crippen MR) is 202 cm³/mol. The van der Waals surface area contributed by atoms with Gasteiger partial charge in [0.25, 0.3) is 0 Å². The molecule has 0 aromatic rings. The lowest BCUT2D eigenvalue weighted by Gasteiger charge is -2.29. The van der Waals surface area contributed by atoms with E-state index in [-0.39, 0.29) is 12.3 Å². The number of nitrogens with zero attached hydrogens (tertiary/aromatic N) is 2. The molecule has 0 radical (unpaired) electrons. The van der Waals surface area contributed by atoms with E-state index in [1.165, 1.54) is 38.5 Å². The summed E-state index contributed by atoms with van der Waals surface area (Å²) >= 11 is 0. The van der Waals surface area contributed by atoms with Crippen LogP contribution in [0, 0.1) is 0 Å². The fourth-order valence-electron chi connectivity index (χ4n) is 4.97. The van der Waals surface area contributed by atoms with Gasteiger partial charge in [0.1, 0.15) is 16.8 Å². The Hall–Kier alpha value is -2.28. The lowest BCUT2D eigenvalue weighted by atomic mass is 10.1. The molecule has 0 spiro atoms. The Labute approximate surface area is 305 Å². The lowest BCUT2D eigenvalue weighted by molar-refractivity contribution is 0.0207. The van der Waals surface area contributed by atoms with Gasteiger partial charge < -0.3 is 29.3 Å². The maximum Gasteiger partial charge on any atom is 0.410 e. The first-order valence-electron chi connectivity index (χ1n) is 19.0. The summed E-state index contributed by atoms with van der Waals surface area (Å²) < 4.78 is 44.3. The number of rotatable bonds is 25. The molecule has 0 aliphatic rings. The smallest absolute Gasteiger partial charge is 0.410 e. The van der Waals surface area contributed by atoms with Crippen molar-refractivity contribution in [2.75, 3.05) is 45.0 Å². The van der Waals surface area contributed by atoms with Crippen LogP contribution < -0.4 is 10.0 Å². The van der Waals surface area contributed by atoms with Crippen LogP contribution in [-0.4, -0.2) is 98.3 Å². The first-order chi connectivity index (χ1) is 23.1. The first-order valence-corrected chi connectivity index (χ1v) is 20.7. The molecule has 0 aliphatic carbocycles. The zero-order chi connectivity index (χ0) is 38.3. The molecule has 50 heavy (non-hydrogen) atoms. The van der Waals surface area contributed by atoms with Crippen molar-refractivity contribution in [3.8, 4) is 0 Å². The molecule has 0 atom stereocenters. The minimum atomic E-state index is -3.37. The van der Waals surface area contributed by atoms with E-state index >= 15 is 0 Å². The van der Waals surface area contributed by atoms with Crippen LogP contribution in [0.25, 0.3) is 0 Å². The third kappa shape index (κ3) is 29.5. The van der Waals surface area contributed by atoms with Crippen molar-refractivity contribution in [2.45, 2.75) is 176 Å². The number of hydrogen-bond donors (Lipinski definition) is 2. The first kappa shape index (κ1) is 47.7. The molecule has 0 rings (SSSR count). The van der Waals surface area contributed by atoms with E-state index in [1.807, 2.05) is 20.8 Å². The van der Waals surface area contributed by atoms with E-state index in [2.05, 4.69) is 17.0 Å². The highest BCUT2D eigenvalue weighted by Gasteiger charge is 2.24. The summed E-state index contributed by atoms with van der Waals surface area (Å²) in [6, 6.07) is 0. The van der Waals surface area contributed by atoms with Crippen LogP contribution in [0.3, 0.4) is 0 Å². The van der Waals surface area contributed by atoms with Crippen LogP contribution in [0.4, 0.5) is 14.4 Å². The molecule has 2 N–H and O–H groups in total. The van der Waals surface area contributed by atoms with Gasteiger partial charge in [-0.05, 0) is 94.4 Å². The molecule has 0 unspecified atom stereocenters. The number of amides is 3. The molecule has 3 amide bonds. The van der Waals surface area contributed by atoms with Gasteiger partial charge in [-0.3, -0.25) is 0 Å². The molecular weight excluding hydrogens is 660 g/mol. The van der Waals surface area contributed by atoms with Gasteiger partial charge in [0, 0.05) is 39.3 Å². The van der Waals surface area contributed by atoms with Gasteiger partial charge in [-0.1, -0.05) is 64.7 Å². The van der Waals surface area contributed by atoms with E-state index in [0.29, 0.717) is 64.8 Å². The Morgan fingerprint density at radius 2 is 0.900 bits per heavy atom. The Morgan fingerprint density at radius 1 is 0.520 bits per heavy atom. The molecular formula is C37H74N4O8S. The highest BCUT2D eigenvalue weighted by molar-refractivity contribution is 7.89. The summed E-state index contributed by atoms with van der Waals surface area (Å²) in [6.45, 7) is 20.5. The summed E-state index contributed by atoms with van der Waals surface area (Å²) in [7, 11) is -3.37. The Bertz CT molecular complexity index is 1050. The highest BCUT2D eigenvalue weighted by Crippen LogP contribution is 2.14. The normalized spacial score (nSPS) is 12.4. The topological polar surface area (TPSA) is 144 Å². The summed E-state index contributed by atoms with van der Waals surface area (Å²) in [6.07, 6.45) is 12.2. The van der Waals surface area contributed by atoms with Crippen molar-refractivity contribution in [1.82, 2.24) is 19.8 Å². The summed E-state index contributed by atoms with van der Waals surface area (Å²) in [5.41, 5.74) is -1.93. The van der Waals surface area contributed by atoms with Crippen LogP contribution in [0.15, 0.2) is 0 Å². The number of nitrogens with one attached hydrogen (secondary N) is 2. The van der Waals surface area contributed by atoms with Crippen molar-refractivity contribution >= 4 is 28.3 Å². The molecule has 0 fully saturated rings. The van der Waals surface area contributed by atoms with Gasteiger partial charge in [0.15, 0.2) is 0 Å². The Morgan fingerprint density at radius 3 is 1.32 bits per heavy atom. The molecule has 0 saturated carbocycles. The zero-order valence-corrected chi connectivity index (χ0v) is 34.2. The Balaban J connectivity index is 4.86. The second kappa shape index (κ2) is 24.8. The number of alkyl carbamates (subject to hydrolysis) is 1. The second-order valence-corrected chi connectivity index (χ2v) is 18.1. The average Bonchev–Trinajstić information content (AvgIpc) is 2.95. The third-order valence-corrected chi connectivity index (χ3v) is 8.85. The number of sulfonamides is 1. The van der Waals surface area contributed by atoms with Crippen LogP contribution in [-0.2, 0) is 24.2 Å². The van der Waals surface area contributed by atoms with Crippen molar-refractivity contribution in [3.63, 3.8) is 0 Å². The molecule has 0 aromatic carbocycles. The van der Waals surface area contributed by atoms with E-state index < -0.39 is 45.1 Å². The monoisotopic (exact) mass is 735 g/mol. The SMILES string of the molecule is CCCCCCCCCCCCS(=O)(=O)NCCCN(CCCCN(CCCNC(=O)OC(C)(C)C)C(=O)OC(C)(C)C)C(=O)OC(C)(C)C. The predicted octanol–water partition coefficient (Wildman–Crippen LogP) is 8.39. The number of carbonyl (C=O) groups excluding carboxylic acids is 3. The fourth-order valence-corrected chi connectivity index (χ4v) is 6.15. The largest absolute Gasteiger partial charge is 0.444 e. The van der Waals surface area contributed by atoms with Gasteiger partial charge in [-0.2, -0.15) is 0 Å². The molecule has 13 heteroatoms. The highest BCUT2D eigenvalue weighted by atomic mass is 32.2. The van der Waals surface area contributed by atoms with Crippen LogP contribution in [0.1, 0.15) is 159 Å².